The molecule has 1 aromatic carbocycles. The first kappa shape index (κ1) is 18.6. The molecule has 5 nitrogen and oxygen atoms in total. The molecule has 0 radical (unpaired) electrons. The number of benzene rings is 1. The molecule has 6 heteroatoms. The highest BCUT2D eigenvalue weighted by Crippen LogP contribution is 2.30. The summed E-state index contributed by atoms with van der Waals surface area (Å²) in [5.41, 5.74) is 0.679. The summed E-state index contributed by atoms with van der Waals surface area (Å²) < 4.78 is 11.0. The number of ether oxygens (including phenoxy) is 2. The average Bonchev–Trinajstić information content (AvgIpc) is 2.95. The van der Waals surface area contributed by atoms with Crippen molar-refractivity contribution < 1.29 is 14.3 Å². The number of amides is 1. The van der Waals surface area contributed by atoms with Crippen LogP contribution in [0.3, 0.4) is 0 Å². The van der Waals surface area contributed by atoms with Gasteiger partial charge in [0.15, 0.2) is 0 Å². The topological polar surface area (TPSA) is 59.6 Å². The fourth-order valence-electron chi connectivity index (χ4n) is 2.50. The molecule has 0 aliphatic carbocycles. The quantitative estimate of drug-likeness (QED) is 0.808. The maximum atomic E-state index is 12.2. The average molecular weight is 329 g/mol. The number of nitrogens with one attached hydrogen (secondary N) is 2. The minimum Gasteiger partial charge on any atom is -0.494 e. The molecule has 0 aromatic heterocycles. The van der Waals surface area contributed by atoms with Gasteiger partial charge in [-0.15, -0.1) is 12.4 Å². The Bertz CT molecular complexity index is 476. The molecule has 1 atom stereocenters. The first-order valence-corrected chi connectivity index (χ1v) is 7.63. The molecular formula is C16H25ClN2O3. The van der Waals surface area contributed by atoms with Gasteiger partial charge >= 0.3 is 0 Å². The lowest BCUT2D eigenvalue weighted by molar-refractivity contribution is -0.117. The molecule has 124 valence electrons. The van der Waals surface area contributed by atoms with Gasteiger partial charge in [-0.2, -0.15) is 0 Å². The number of anilines is 1. The molecular weight excluding hydrogens is 304 g/mol. The van der Waals surface area contributed by atoms with E-state index in [0.717, 1.165) is 25.3 Å². The van der Waals surface area contributed by atoms with Gasteiger partial charge in [0.25, 0.3) is 0 Å². The molecule has 1 fully saturated rings. The second kappa shape index (κ2) is 9.54. The lowest BCUT2D eigenvalue weighted by Gasteiger charge is -2.14. The van der Waals surface area contributed by atoms with Crippen LogP contribution in [0.4, 0.5) is 5.69 Å². The van der Waals surface area contributed by atoms with E-state index in [2.05, 4.69) is 10.6 Å². The van der Waals surface area contributed by atoms with Gasteiger partial charge in [-0.05, 0) is 51.4 Å². The van der Waals surface area contributed by atoms with Crippen LogP contribution in [0.2, 0.25) is 0 Å². The van der Waals surface area contributed by atoms with Gasteiger partial charge in [0, 0.05) is 12.5 Å². The summed E-state index contributed by atoms with van der Waals surface area (Å²) in [5, 5.41) is 6.22. The number of carbonyl (C=O) groups is 1. The Morgan fingerprint density at radius 1 is 1.32 bits per heavy atom. The minimum absolute atomic E-state index is 0. The Morgan fingerprint density at radius 2 is 2.09 bits per heavy atom. The van der Waals surface area contributed by atoms with Crippen LogP contribution in [-0.2, 0) is 4.79 Å². The predicted molar refractivity (Wildman–Crippen MR) is 90.3 cm³/mol. The van der Waals surface area contributed by atoms with Crippen LogP contribution in [0.5, 0.6) is 11.5 Å². The van der Waals surface area contributed by atoms with Crippen LogP contribution in [0, 0.1) is 5.92 Å². The summed E-state index contributed by atoms with van der Waals surface area (Å²) in [6.45, 7) is 6.93. The Balaban J connectivity index is 0.00000242. The van der Waals surface area contributed by atoms with E-state index < -0.39 is 0 Å². The van der Waals surface area contributed by atoms with E-state index in [4.69, 9.17) is 9.47 Å². The normalized spacial score (nSPS) is 16.7. The Hall–Kier alpha value is -1.46. The third kappa shape index (κ3) is 5.39. The van der Waals surface area contributed by atoms with Crippen molar-refractivity contribution in [1.29, 1.82) is 0 Å². The van der Waals surface area contributed by atoms with Crippen LogP contribution < -0.4 is 20.1 Å². The van der Waals surface area contributed by atoms with Crippen molar-refractivity contribution in [2.24, 2.45) is 5.92 Å². The van der Waals surface area contributed by atoms with E-state index in [1.807, 2.05) is 32.0 Å². The molecule has 1 aliphatic rings. The summed E-state index contributed by atoms with van der Waals surface area (Å²) in [6, 6.07) is 5.51. The Kier molecular flexibility index (Phi) is 8.06. The molecule has 1 aliphatic heterocycles. The maximum Gasteiger partial charge on any atom is 0.224 e. The van der Waals surface area contributed by atoms with Crippen LogP contribution in [-0.4, -0.2) is 32.2 Å². The molecule has 0 spiro atoms. The van der Waals surface area contributed by atoms with Gasteiger partial charge in [0.05, 0.1) is 18.9 Å². The molecule has 0 bridgehead atoms. The first-order chi connectivity index (χ1) is 10.2. The standard InChI is InChI=1S/C16H24N2O3.ClH/c1-3-20-13-5-6-15(21-4-2)14(10-13)18-16(19)9-12-7-8-17-11-12;/h5-6,10,12,17H,3-4,7-9,11H2,1-2H3,(H,18,19);1H. The van der Waals surface area contributed by atoms with E-state index in [-0.39, 0.29) is 18.3 Å². The first-order valence-electron chi connectivity index (χ1n) is 7.63. The molecule has 22 heavy (non-hydrogen) atoms. The third-order valence-electron chi connectivity index (χ3n) is 3.47. The fraction of sp³-hybridized carbons (Fsp3) is 0.562. The molecule has 1 aromatic rings. The van der Waals surface area contributed by atoms with Gasteiger partial charge in [-0.3, -0.25) is 4.79 Å². The molecule has 1 amide bonds. The summed E-state index contributed by atoms with van der Waals surface area (Å²) >= 11 is 0. The van der Waals surface area contributed by atoms with Crippen molar-refractivity contribution in [3.8, 4) is 11.5 Å². The van der Waals surface area contributed by atoms with Crippen molar-refractivity contribution in [2.75, 3.05) is 31.6 Å². The largest absolute Gasteiger partial charge is 0.494 e. The number of halogens is 1. The number of hydrogen-bond acceptors (Lipinski definition) is 4. The second-order valence-electron chi connectivity index (χ2n) is 5.14. The van der Waals surface area contributed by atoms with Gasteiger partial charge in [-0.25, -0.2) is 0 Å². The molecule has 1 saturated heterocycles. The Morgan fingerprint density at radius 3 is 2.73 bits per heavy atom. The highest BCUT2D eigenvalue weighted by Gasteiger charge is 2.19. The monoisotopic (exact) mass is 328 g/mol. The zero-order valence-corrected chi connectivity index (χ0v) is 14.0. The lowest BCUT2D eigenvalue weighted by Crippen LogP contribution is -2.18. The van der Waals surface area contributed by atoms with Crippen molar-refractivity contribution in [1.82, 2.24) is 5.32 Å². The molecule has 1 heterocycles. The smallest absolute Gasteiger partial charge is 0.224 e. The fourth-order valence-corrected chi connectivity index (χ4v) is 2.50. The Labute approximate surface area is 138 Å². The van der Waals surface area contributed by atoms with Gasteiger partial charge in [-0.1, -0.05) is 0 Å². The number of carbonyl (C=O) groups excluding carboxylic acids is 1. The second-order valence-corrected chi connectivity index (χ2v) is 5.14. The van der Waals surface area contributed by atoms with Crippen LogP contribution >= 0.6 is 12.4 Å². The molecule has 2 rings (SSSR count). The van der Waals surface area contributed by atoms with Crippen LogP contribution in [0.15, 0.2) is 18.2 Å². The van der Waals surface area contributed by atoms with Crippen molar-refractivity contribution in [2.45, 2.75) is 26.7 Å². The van der Waals surface area contributed by atoms with Crippen molar-refractivity contribution in [3.05, 3.63) is 18.2 Å². The van der Waals surface area contributed by atoms with Crippen LogP contribution in [0.1, 0.15) is 26.7 Å². The van der Waals surface area contributed by atoms with Gasteiger partial charge in [0.2, 0.25) is 5.91 Å². The van der Waals surface area contributed by atoms with E-state index >= 15 is 0 Å². The molecule has 2 N–H and O–H groups in total. The minimum atomic E-state index is 0. The summed E-state index contributed by atoms with van der Waals surface area (Å²) in [5.74, 6) is 1.87. The predicted octanol–water partition coefficient (Wildman–Crippen LogP) is 2.84. The highest BCUT2D eigenvalue weighted by atomic mass is 35.5. The maximum absolute atomic E-state index is 12.2. The van der Waals surface area contributed by atoms with E-state index in [1.54, 1.807) is 0 Å². The van der Waals surface area contributed by atoms with Crippen molar-refractivity contribution >= 4 is 24.0 Å². The van der Waals surface area contributed by atoms with Crippen LogP contribution in [0.25, 0.3) is 0 Å². The summed E-state index contributed by atoms with van der Waals surface area (Å²) in [4.78, 5) is 12.2. The summed E-state index contributed by atoms with van der Waals surface area (Å²) in [7, 11) is 0. The van der Waals surface area contributed by atoms with E-state index in [9.17, 15) is 4.79 Å². The van der Waals surface area contributed by atoms with E-state index in [0.29, 0.717) is 37.0 Å². The van der Waals surface area contributed by atoms with Gasteiger partial charge < -0.3 is 20.1 Å². The third-order valence-corrected chi connectivity index (χ3v) is 3.47. The van der Waals surface area contributed by atoms with E-state index in [1.165, 1.54) is 0 Å². The van der Waals surface area contributed by atoms with Gasteiger partial charge in [0.1, 0.15) is 11.5 Å². The zero-order chi connectivity index (χ0) is 15.1. The SMILES string of the molecule is CCOc1ccc(OCC)c(NC(=O)CC2CCNC2)c1.Cl. The molecule has 1 unspecified atom stereocenters. The zero-order valence-electron chi connectivity index (χ0n) is 13.2. The summed E-state index contributed by atoms with van der Waals surface area (Å²) in [6.07, 6.45) is 1.60. The molecule has 0 saturated carbocycles. The lowest BCUT2D eigenvalue weighted by atomic mass is 10.0. The highest BCUT2D eigenvalue weighted by molar-refractivity contribution is 5.92. The number of rotatable bonds is 7. The number of hydrogen-bond donors (Lipinski definition) is 2. The van der Waals surface area contributed by atoms with Crippen molar-refractivity contribution in [3.63, 3.8) is 0 Å².